The molecule has 6 heteroatoms. The second-order valence-electron chi connectivity index (χ2n) is 7.00. The van der Waals surface area contributed by atoms with Crippen LogP contribution < -0.4 is 5.01 Å². The Labute approximate surface area is 171 Å². The molecule has 5 nitrogen and oxygen atoms in total. The van der Waals surface area contributed by atoms with Crippen molar-refractivity contribution in [2.75, 3.05) is 11.6 Å². The zero-order chi connectivity index (χ0) is 20.3. The second kappa shape index (κ2) is 8.19. The fraction of sp³-hybridized carbons (Fsp3) is 0.174. The molecule has 1 unspecified atom stereocenters. The predicted octanol–water partition coefficient (Wildman–Crippen LogP) is 4.38. The van der Waals surface area contributed by atoms with Gasteiger partial charge in [0.2, 0.25) is 0 Å². The monoisotopic (exact) mass is 406 g/mol. The standard InChI is InChI=1S/C23H22N2O3S/c1-18-12-14-22(15-13-18)29(26,27)28-17-21-16-23(19-8-4-2-5-9-19)24-25(21)20-10-6-3-7-11-20/h2-15,21H,16-17H2,1H3. The van der Waals surface area contributed by atoms with Gasteiger partial charge in [-0.25, -0.2) is 0 Å². The van der Waals surface area contributed by atoms with Crippen LogP contribution in [0, 0.1) is 6.92 Å². The van der Waals surface area contributed by atoms with Gasteiger partial charge in [-0.1, -0.05) is 66.2 Å². The van der Waals surface area contributed by atoms with Crippen LogP contribution >= 0.6 is 0 Å². The van der Waals surface area contributed by atoms with Crippen molar-refractivity contribution in [2.45, 2.75) is 24.3 Å². The summed E-state index contributed by atoms with van der Waals surface area (Å²) in [6, 6.07) is 26.1. The number of hydrogen-bond acceptors (Lipinski definition) is 5. The highest BCUT2D eigenvalue weighted by molar-refractivity contribution is 7.86. The minimum Gasteiger partial charge on any atom is -0.264 e. The zero-order valence-electron chi connectivity index (χ0n) is 16.1. The molecule has 0 aliphatic carbocycles. The number of benzene rings is 3. The molecule has 1 heterocycles. The van der Waals surface area contributed by atoms with Crippen LogP contribution in [-0.2, 0) is 14.3 Å². The van der Waals surface area contributed by atoms with Gasteiger partial charge < -0.3 is 0 Å². The molecule has 3 aromatic rings. The van der Waals surface area contributed by atoms with Gasteiger partial charge >= 0.3 is 0 Å². The normalized spacial score (nSPS) is 16.7. The van der Waals surface area contributed by atoms with E-state index in [-0.39, 0.29) is 17.5 Å². The van der Waals surface area contributed by atoms with Gasteiger partial charge in [0.05, 0.1) is 28.9 Å². The maximum Gasteiger partial charge on any atom is 0.297 e. The first-order valence-electron chi connectivity index (χ1n) is 9.46. The third-order valence-electron chi connectivity index (χ3n) is 4.86. The Balaban J connectivity index is 1.56. The summed E-state index contributed by atoms with van der Waals surface area (Å²) in [6.45, 7) is 1.93. The summed E-state index contributed by atoms with van der Waals surface area (Å²) in [5.41, 5.74) is 3.84. The molecule has 0 aromatic heterocycles. The molecule has 0 spiro atoms. The van der Waals surface area contributed by atoms with Crippen molar-refractivity contribution in [1.29, 1.82) is 0 Å². The molecule has 148 valence electrons. The van der Waals surface area contributed by atoms with Crippen LogP contribution in [0.3, 0.4) is 0 Å². The summed E-state index contributed by atoms with van der Waals surface area (Å²) < 4.78 is 30.7. The van der Waals surface area contributed by atoms with E-state index in [0.29, 0.717) is 6.42 Å². The lowest BCUT2D eigenvalue weighted by Gasteiger charge is -2.23. The molecule has 4 rings (SSSR count). The van der Waals surface area contributed by atoms with Crippen molar-refractivity contribution in [3.63, 3.8) is 0 Å². The van der Waals surface area contributed by atoms with Crippen LogP contribution in [0.2, 0.25) is 0 Å². The first-order valence-corrected chi connectivity index (χ1v) is 10.9. The molecule has 0 saturated carbocycles. The fourth-order valence-electron chi connectivity index (χ4n) is 3.29. The summed E-state index contributed by atoms with van der Waals surface area (Å²) >= 11 is 0. The maximum absolute atomic E-state index is 12.6. The van der Waals surface area contributed by atoms with Crippen LogP contribution in [0.15, 0.2) is 94.9 Å². The van der Waals surface area contributed by atoms with Crippen LogP contribution in [-0.4, -0.2) is 26.8 Å². The number of aryl methyl sites for hydroxylation is 1. The zero-order valence-corrected chi connectivity index (χ0v) is 16.9. The molecule has 0 saturated heterocycles. The minimum atomic E-state index is -3.83. The molecule has 0 bridgehead atoms. The lowest BCUT2D eigenvalue weighted by atomic mass is 10.0. The SMILES string of the molecule is Cc1ccc(S(=O)(=O)OCC2CC(c3ccccc3)=NN2c2ccccc2)cc1. The smallest absolute Gasteiger partial charge is 0.264 e. The van der Waals surface area contributed by atoms with E-state index in [4.69, 9.17) is 9.28 Å². The van der Waals surface area contributed by atoms with E-state index < -0.39 is 10.1 Å². The Bertz CT molecular complexity index is 1100. The van der Waals surface area contributed by atoms with Crippen molar-refractivity contribution < 1.29 is 12.6 Å². The first-order chi connectivity index (χ1) is 14.0. The molecule has 0 radical (unpaired) electrons. The second-order valence-corrected chi connectivity index (χ2v) is 8.62. The molecule has 29 heavy (non-hydrogen) atoms. The Morgan fingerprint density at radius 3 is 2.21 bits per heavy atom. The van der Waals surface area contributed by atoms with Crippen LogP contribution in [0.4, 0.5) is 5.69 Å². The maximum atomic E-state index is 12.6. The average Bonchev–Trinajstić information content (AvgIpc) is 3.18. The predicted molar refractivity (Wildman–Crippen MR) is 115 cm³/mol. The molecule has 1 aliphatic rings. The highest BCUT2D eigenvalue weighted by atomic mass is 32.2. The van der Waals surface area contributed by atoms with Crippen molar-refractivity contribution in [2.24, 2.45) is 5.10 Å². The Hall–Kier alpha value is -2.96. The number of hydrogen-bond donors (Lipinski definition) is 0. The number of anilines is 1. The number of hydrazone groups is 1. The molecule has 0 N–H and O–H groups in total. The Morgan fingerprint density at radius 2 is 1.55 bits per heavy atom. The summed E-state index contributed by atoms with van der Waals surface area (Å²) in [5.74, 6) is 0. The molecule has 1 aliphatic heterocycles. The quantitative estimate of drug-likeness (QED) is 0.570. The van der Waals surface area contributed by atoms with E-state index >= 15 is 0 Å². The van der Waals surface area contributed by atoms with Crippen molar-refractivity contribution in [3.05, 3.63) is 96.1 Å². The molecule has 3 aromatic carbocycles. The fourth-order valence-corrected chi connectivity index (χ4v) is 4.23. The highest BCUT2D eigenvalue weighted by Crippen LogP contribution is 2.27. The van der Waals surface area contributed by atoms with Crippen molar-refractivity contribution in [3.8, 4) is 0 Å². The summed E-state index contributed by atoms with van der Waals surface area (Å²) in [6.07, 6.45) is 0.600. The summed E-state index contributed by atoms with van der Waals surface area (Å²) in [7, 11) is -3.83. The summed E-state index contributed by atoms with van der Waals surface area (Å²) in [5, 5.41) is 6.62. The van der Waals surface area contributed by atoms with E-state index in [1.54, 1.807) is 24.3 Å². The molecular weight excluding hydrogens is 384 g/mol. The molecular formula is C23H22N2O3S. The minimum absolute atomic E-state index is 0.0188. The molecule has 0 fully saturated rings. The van der Waals surface area contributed by atoms with Gasteiger partial charge in [-0.15, -0.1) is 0 Å². The van der Waals surface area contributed by atoms with Gasteiger partial charge in [0.1, 0.15) is 0 Å². The van der Waals surface area contributed by atoms with E-state index in [1.807, 2.05) is 72.6 Å². The molecule has 1 atom stereocenters. The Kier molecular flexibility index (Phi) is 5.47. The third kappa shape index (κ3) is 4.39. The number of rotatable bonds is 6. The van der Waals surface area contributed by atoms with E-state index in [9.17, 15) is 8.42 Å². The topological polar surface area (TPSA) is 59.0 Å². The summed E-state index contributed by atoms with van der Waals surface area (Å²) in [4.78, 5) is 0.163. The van der Waals surface area contributed by atoms with E-state index in [0.717, 1.165) is 22.5 Å². The van der Waals surface area contributed by atoms with E-state index in [2.05, 4.69) is 0 Å². The van der Waals surface area contributed by atoms with Gasteiger partial charge in [-0.2, -0.15) is 13.5 Å². The van der Waals surface area contributed by atoms with Gasteiger partial charge in [0.15, 0.2) is 0 Å². The lowest BCUT2D eigenvalue weighted by molar-refractivity contribution is 0.292. The average molecular weight is 407 g/mol. The van der Waals surface area contributed by atoms with Gasteiger partial charge in [-0.3, -0.25) is 9.19 Å². The van der Waals surface area contributed by atoms with E-state index in [1.165, 1.54) is 0 Å². The lowest BCUT2D eigenvalue weighted by Crippen LogP contribution is -2.32. The van der Waals surface area contributed by atoms with Gasteiger partial charge in [-0.05, 0) is 36.8 Å². The van der Waals surface area contributed by atoms with Crippen molar-refractivity contribution in [1.82, 2.24) is 0 Å². The van der Waals surface area contributed by atoms with Gasteiger partial charge in [0, 0.05) is 6.42 Å². The van der Waals surface area contributed by atoms with Crippen LogP contribution in [0.5, 0.6) is 0 Å². The first kappa shape index (κ1) is 19.4. The largest absolute Gasteiger partial charge is 0.297 e. The van der Waals surface area contributed by atoms with Crippen molar-refractivity contribution >= 4 is 21.5 Å². The Morgan fingerprint density at radius 1 is 0.931 bits per heavy atom. The number of nitrogens with zero attached hydrogens (tertiary/aromatic N) is 2. The highest BCUT2D eigenvalue weighted by Gasteiger charge is 2.30. The number of para-hydroxylation sites is 1. The third-order valence-corrected chi connectivity index (χ3v) is 6.15. The van der Waals surface area contributed by atoms with Gasteiger partial charge in [0.25, 0.3) is 10.1 Å². The van der Waals surface area contributed by atoms with Crippen LogP contribution in [0.25, 0.3) is 0 Å². The molecule has 0 amide bonds. The van der Waals surface area contributed by atoms with Crippen LogP contribution in [0.1, 0.15) is 17.5 Å².